The summed E-state index contributed by atoms with van der Waals surface area (Å²) in [6.45, 7) is 2.43. The summed E-state index contributed by atoms with van der Waals surface area (Å²) in [5, 5.41) is 0. The second-order valence-electron chi connectivity index (χ2n) is 4.49. The SMILES string of the molecule is Cc1ccn(Cc2ccc(F)c(C#CCN)c2)c(=O)c1. The number of aromatic nitrogens is 1. The predicted octanol–water partition coefficient (Wildman–Crippen LogP) is 1.65. The predicted molar refractivity (Wildman–Crippen MR) is 76.9 cm³/mol. The molecule has 0 aliphatic rings. The number of nitrogens with two attached hydrogens (primary N) is 1. The molecule has 1 aromatic heterocycles. The van der Waals surface area contributed by atoms with Gasteiger partial charge in [-0.15, -0.1) is 0 Å². The van der Waals surface area contributed by atoms with Gasteiger partial charge in [-0.3, -0.25) is 4.79 Å². The monoisotopic (exact) mass is 270 g/mol. The Morgan fingerprint density at radius 3 is 2.80 bits per heavy atom. The number of pyridine rings is 1. The maximum atomic E-state index is 13.6. The minimum absolute atomic E-state index is 0.0797. The molecule has 0 aliphatic carbocycles. The van der Waals surface area contributed by atoms with E-state index >= 15 is 0 Å². The van der Waals surface area contributed by atoms with Gasteiger partial charge in [0.25, 0.3) is 5.56 Å². The molecule has 3 nitrogen and oxygen atoms in total. The first-order valence-corrected chi connectivity index (χ1v) is 6.24. The van der Waals surface area contributed by atoms with Gasteiger partial charge in [0.15, 0.2) is 0 Å². The molecule has 0 aliphatic heterocycles. The molecular weight excluding hydrogens is 255 g/mol. The first-order valence-electron chi connectivity index (χ1n) is 6.24. The van der Waals surface area contributed by atoms with E-state index in [1.165, 1.54) is 6.07 Å². The highest BCUT2D eigenvalue weighted by Gasteiger charge is 2.03. The van der Waals surface area contributed by atoms with Crippen molar-refractivity contribution in [1.29, 1.82) is 0 Å². The molecule has 2 aromatic rings. The van der Waals surface area contributed by atoms with Crippen molar-refractivity contribution in [2.75, 3.05) is 6.54 Å². The van der Waals surface area contributed by atoms with Crippen LogP contribution in [0.2, 0.25) is 0 Å². The summed E-state index contributed by atoms with van der Waals surface area (Å²) in [6, 6.07) is 8.08. The van der Waals surface area contributed by atoms with Crippen molar-refractivity contribution in [3.05, 3.63) is 69.4 Å². The standard InChI is InChI=1S/C16H15FN2O/c1-12-6-8-19(16(20)9-12)11-13-4-5-15(17)14(10-13)3-2-7-18/h4-6,8-10H,7,11,18H2,1H3. The Balaban J connectivity index is 2.32. The highest BCUT2D eigenvalue weighted by Crippen LogP contribution is 2.10. The lowest BCUT2D eigenvalue weighted by atomic mass is 10.1. The summed E-state index contributed by atoms with van der Waals surface area (Å²) < 4.78 is 15.1. The van der Waals surface area contributed by atoms with Crippen LogP contribution in [0.4, 0.5) is 4.39 Å². The van der Waals surface area contributed by atoms with Crippen LogP contribution < -0.4 is 11.3 Å². The second kappa shape index (κ2) is 6.18. The third kappa shape index (κ3) is 3.34. The fourth-order valence-electron chi connectivity index (χ4n) is 1.85. The molecule has 0 atom stereocenters. The molecule has 0 saturated carbocycles. The van der Waals surface area contributed by atoms with Gasteiger partial charge in [0.2, 0.25) is 0 Å². The Morgan fingerprint density at radius 2 is 2.10 bits per heavy atom. The summed E-state index contributed by atoms with van der Waals surface area (Å²) in [5.41, 5.74) is 7.23. The van der Waals surface area contributed by atoms with E-state index in [9.17, 15) is 9.18 Å². The van der Waals surface area contributed by atoms with E-state index in [1.807, 2.05) is 13.0 Å². The van der Waals surface area contributed by atoms with Gasteiger partial charge in [0.1, 0.15) is 5.82 Å². The molecule has 0 bridgehead atoms. The molecule has 0 spiro atoms. The number of nitrogens with zero attached hydrogens (tertiary/aromatic N) is 1. The van der Waals surface area contributed by atoms with E-state index in [0.29, 0.717) is 12.1 Å². The van der Waals surface area contributed by atoms with Gasteiger partial charge in [-0.05, 0) is 36.2 Å². The molecule has 1 aromatic carbocycles. The van der Waals surface area contributed by atoms with Crippen molar-refractivity contribution in [2.45, 2.75) is 13.5 Å². The Bertz CT molecular complexity index is 738. The minimum Gasteiger partial charge on any atom is -0.320 e. The van der Waals surface area contributed by atoms with Crippen molar-refractivity contribution >= 4 is 0 Å². The van der Waals surface area contributed by atoms with Crippen LogP contribution in [0.25, 0.3) is 0 Å². The van der Waals surface area contributed by atoms with Gasteiger partial charge < -0.3 is 10.3 Å². The zero-order chi connectivity index (χ0) is 14.5. The molecule has 4 heteroatoms. The van der Waals surface area contributed by atoms with Crippen molar-refractivity contribution in [2.24, 2.45) is 5.73 Å². The normalized spacial score (nSPS) is 9.95. The Labute approximate surface area is 116 Å². The molecule has 0 radical (unpaired) electrons. The Kier molecular flexibility index (Phi) is 4.34. The van der Waals surface area contributed by atoms with Gasteiger partial charge in [0.05, 0.1) is 18.7 Å². The average molecular weight is 270 g/mol. The van der Waals surface area contributed by atoms with Crippen molar-refractivity contribution in [3.63, 3.8) is 0 Å². The summed E-state index contributed by atoms with van der Waals surface area (Å²) in [6.07, 6.45) is 1.73. The minimum atomic E-state index is -0.383. The van der Waals surface area contributed by atoms with E-state index in [4.69, 9.17) is 5.73 Å². The van der Waals surface area contributed by atoms with E-state index < -0.39 is 0 Å². The molecule has 0 fully saturated rings. The third-order valence-electron chi connectivity index (χ3n) is 2.86. The van der Waals surface area contributed by atoms with Crippen molar-refractivity contribution in [1.82, 2.24) is 4.57 Å². The largest absolute Gasteiger partial charge is 0.320 e. The average Bonchev–Trinajstić information content (AvgIpc) is 2.42. The summed E-state index contributed by atoms with van der Waals surface area (Å²) >= 11 is 0. The van der Waals surface area contributed by atoms with Crippen LogP contribution >= 0.6 is 0 Å². The third-order valence-corrected chi connectivity index (χ3v) is 2.86. The first-order chi connectivity index (χ1) is 9.60. The summed E-state index contributed by atoms with van der Waals surface area (Å²) in [4.78, 5) is 11.8. The van der Waals surface area contributed by atoms with Gasteiger partial charge in [-0.2, -0.15) is 0 Å². The molecule has 102 valence electrons. The molecule has 2 rings (SSSR count). The smallest absolute Gasteiger partial charge is 0.251 e. The Morgan fingerprint density at radius 1 is 1.30 bits per heavy atom. The number of rotatable bonds is 2. The highest BCUT2D eigenvalue weighted by atomic mass is 19.1. The molecule has 0 unspecified atom stereocenters. The van der Waals surface area contributed by atoms with Crippen LogP contribution in [0.1, 0.15) is 16.7 Å². The lowest BCUT2D eigenvalue weighted by Crippen LogP contribution is -2.19. The quantitative estimate of drug-likeness (QED) is 0.844. The second-order valence-corrected chi connectivity index (χ2v) is 4.49. The van der Waals surface area contributed by atoms with Crippen LogP contribution in [-0.4, -0.2) is 11.1 Å². The Hall–Kier alpha value is -2.38. The maximum Gasteiger partial charge on any atom is 0.251 e. The van der Waals surface area contributed by atoms with Crippen LogP contribution in [0, 0.1) is 24.6 Å². The number of halogens is 1. The van der Waals surface area contributed by atoms with Gasteiger partial charge in [-0.1, -0.05) is 17.9 Å². The molecule has 0 saturated heterocycles. The van der Waals surface area contributed by atoms with Crippen molar-refractivity contribution < 1.29 is 4.39 Å². The van der Waals surface area contributed by atoms with Crippen molar-refractivity contribution in [3.8, 4) is 11.8 Å². The zero-order valence-corrected chi connectivity index (χ0v) is 11.2. The lowest BCUT2D eigenvalue weighted by Gasteiger charge is -2.07. The maximum absolute atomic E-state index is 13.6. The van der Waals surface area contributed by atoms with Crippen LogP contribution in [0.5, 0.6) is 0 Å². The summed E-state index contributed by atoms with van der Waals surface area (Å²) in [7, 11) is 0. The van der Waals surface area contributed by atoms with E-state index in [2.05, 4.69) is 11.8 Å². The number of aryl methyl sites for hydroxylation is 1. The van der Waals surface area contributed by atoms with Gasteiger partial charge in [-0.25, -0.2) is 4.39 Å². The fourth-order valence-corrected chi connectivity index (χ4v) is 1.85. The van der Waals surface area contributed by atoms with Gasteiger partial charge in [0, 0.05) is 12.3 Å². The summed E-state index contributed by atoms with van der Waals surface area (Å²) in [5.74, 6) is 4.93. The lowest BCUT2D eigenvalue weighted by molar-refractivity contribution is 0.622. The topological polar surface area (TPSA) is 48.0 Å². The molecule has 0 amide bonds. The molecule has 20 heavy (non-hydrogen) atoms. The van der Waals surface area contributed by atoms with E-state index in [1.54, 1.807) is 29.0 Å². The number of hydrogen-bond donors (Lipinski definition) is 1. The number of hydrogen-bond acceptors (Lipinski definition) is 2. The molecule has 1 heterocycles. The van der Waals surface area contributed by atoms with E-state index in [-0.39, 0.29) is 17.9 Å². The fraction of sp³-hybridized carbons (Fsp3) is 0.188. The molecular formula is C16H15FN2O. The number of benzene rings is 1. The first kappa shape index (κ1) is 14.0. The van der Waals surface area contributed by atoms with E-state index in [0.717, 1.165) is 11.1 Å². The molecule has 2 N–H and O–H groups in total. The van der Waals surface area contributed by atoms with Crippen LogP contribution in [0.15, 0.2) is 41.3 Å². The zero-order valence-electron chi connectivity index (χ0n) is 11.2. The van der Waals surface area contributed by atoms with Crippen LogP contribution in [-0.2, 0) is 6.54 Å². The van der Waals surface area contributed by atoms with Crippen LogP contribution in [0.3, 0.4) is 0 Å². The van der Waals surface area contributed by atoms with Gasteiger partial charge >= 0.3 is 0 Å². The highest BCUT2D eigenvalue weighted by molar-refractivity contribution is 5.38.